The molecule has 4 rings (SSSR count). The zero-order valence-electron chi connectivity index (χ0n) is 18.2. The number of hydrogen-bond donors (Lipinski definition) is 1. The number of nitrogens with one attached hydrogen (secondary N) is 1. The molecule has 3 aromatic rings. The first-order valence-electron chi connectivity index (χ1n) is 11.0. The summed E-state index contributed by atoms with van der Waals surface area (Å²) in [5, 5.41) is 7.41. The van der Waals surface area contributed by atoms with E-state index in [9.17, 15) is 14.0 Å². The first kappa shape index (κ1) is 21.8. The number of aromatic nitrogens is 3. The van der Waals surface area contributed by atoms with E-state index in [0.717, 1.165) is 30.7 Å². The van der Waals surface area contributed by atoms with E-state index in [0.29, 0.717) is 26.2 Å². The van der Waals surface area contributed by atoms with Gasteiger partial charge in [0.2, 0.25) is 0 Å². The predicted molar refractivity (Wildman–Crippen MR) is 120 cm³/mol. The average Bonchev–Trinajstić information content (AvgIpc) is 3.11. The van der Waals surface area contributed by atoms with Gasteiger partial charge in [0.05, 0.1) is 0 Å². The van der Waals surface area contributed by atoms with E-state index >= 15 is 0 Å². The zero-order chi connectivity index (χ0) is 22.5. The third-order valence-electron chi connectivity index (χ3n) is 6.01. The van der Waals surface area contributed by atoms with Gasteiger partial charge in [-0.15, -0.1) is 0 Å². The normalized spacial score (nSPS) is 14.5. The molecule has 1 aliphatic heterocycles. The maximum Gasteiger partial charge on any atom is 0.345 e. The van der Waals surface area contributed by atoms with Crippen molar-refractivity contribution in [3.8, 4) is 0 Å². The Morgan fingerprint density at radius 1 is 1.06 bits per heavy atom. The monoisotopic (exact) mass is 437 g/mol. The van der Waals surface area contributed by atoms with E-state index in [1.807, 2.05) is 18.2 Å². The number of urea groups is 1. The van der Waals surface area contributed by atoms with Crippen LogP contribution < -0.4 is 11.0 Å². The standard InChI is InChI=1S/C24H28FN5O2/c1-28-24(32)30(16-11-18-5-3-2-4-6-18)22(27-28)20-12-14-29(15-13-20)23(31)26-17-19-7-9-21(25)10-8-19/h2-10,20H,11-17H2,1H3,(H,26,31). The number of halogens is 1. The highest BCUT2D eigenvalue weighted by atomic mass is 19.1. The van der Waals surface area contributed by atoms with Crippen molar-refractivity contribution in [1.82, 2.24) is 24.6 Å². The highest BCUT2D eigenvalue weighted by Gasteiger charge is 2.28. The van der Waals surface area contributed by atoms with E-state index in [1.165, 1.54) is 22.4 Å². The number of likely N-dealkylation sites (tertiary alicyclic amines) is 1. The van der Waals surface area contributed by atoms with Gasteiger partial charge in [-0.2, -0.15) is 5.10 Å². The van der Waals surface area contributed by atoms with Gasteiger partial charge in [-0.25, -0.2) is 18.7 Å². The van der Waals surface area contributed by atoms with Crippen LogP contribution >= 0.6 is 0 Å². The lowest BCUT2D eigenvalue weighted by atomic mass is 9.96. The van der Waals surface area contributed by atoms with Gasteiger partial charge in [0, 0.05) is 39.1 Å². The lowest BCUT2D eigenvalue weighted by Crippen LogP contribution is -2.44. The predicted octanol–water partition coefficient (Wildman–Crippen LogP) is 3.05. The molecule has 0 saturated carbocycles. The van der Waals surface area contributed by atoms with Gasteiger partial charge in [-0.3, -0.25) is 4.57 Å². The number of piperidine rings is 1. The van der Waals surface area contributed by atoms with Crippen LogP contribution in [-0.4, -0.2) is 38.4 Å². The van der Waals surface area contributed by atoms with Crippen molar-refractivity contribution in [1.29, 1.82) is 0 Å². The fourth-order valence-corrected chi connectivity index (χ4v) is 4.15. The molecular formula is C24H28FN5O2. The average molecular weight is 438 g/mol. The van der Waals surface area contributed by atoms with Crippen molar-refractivity contribution in [3.63, 3.8) is 0 Å². The van der Waals surface area contributed by atoms with Crippen molar-refractivity contribution >= 4 is 6.03 Å². The second-order valence-corrected chi connectivity index (χ2v) is 8.20. The Hall–Kier alpha value is -3.42. The number of aryl methyl sites for hydroxylation is 2. The molecular weight excluding hydrogens is 409 g/mol. The highest BCUT2D eigenvalue weighted by Crippen LogP contribution is 2.26. The van der Waals surface area contributed by atoms with Crippen LogP contribution in [0.3, 0.4) is 0 Å². The molecule has 32 heavy (non-hydrogen) atoms. The molecule has 0 aliphatic carbocycles. The largest absolute Gasteiger partial charge is 0.345 e. The molecule has 1 N–H and O–H groups in total. The van der Waals surface area contributed by atoms with Crippen LogP contribution in [0, 0.1) is 5.82 Å². The van der Waals surface area contributed by atoms with Crippen molar-refractivity contribution in [2.75, 3.05) is 13.1 Å². The SMILES string of the molecule is Cn1nc(C2CCN(C(=O)NCc3ccc(F)cc3)CC2)n(CCc2ccccc2)c1=O. The Morgan fingerprint density at radius 3 is 2.44 bits per heavy atom. The maximum absolute atomic E-state index is 13.0. The summed E-state index contributed by atoms with van der Waals surface area (Å²) in [6.07, 6.45) is 2.28. The first-order valence-corrected chi connectivity index (χ1v) is 11.0. The van der Waals surface area contributed by atoms with E-state index < -0.39 is 0 Å². The van der Waals surface area contributed by atoms with Gasteiger partial charge in [0.1, 0.15) is 11.6 Å². The van der Waals surface area contributed by atoms with Gasteiger partial charge < -0.3 is 10.2 Å². The highest BCUT2D eigenvalue weighted by molar-refractivity contribution is 5.74. The van der Waals surface area contributed by atoms with Crippen LogP contribution in [0.4, 0.5) is 9.18 Å². The summed E-state index contributed by atoms with van der Waals surface area (Å²) in [6.45, 7) is 2.15. The van der Waals surface area contributed by atoms with Crippen LogP contribution in [-0.2, 0) is 26.6 Å². The minimum Gasteiger partial charge on any atom is -0.334 e. The molecule has 8 heteroatoms. The Balaban J connectivity index is 1.34. The molecule has 1 aromatic heterocycles. The number of carbonyl (C=O) groups is 1. The number of amides is 2. The van der Waals surface area contributed by atoms with Gasteiger partial charge >= 0.3 is 11.7 Å². The number of carbonyl (C=O) groups excluding carboxylic acids is 1. The molecule has 2 amide bonds. The Kier molecular flexibility index (Phi) is 6.68. The molecule has 7 nitrogen and oxygen atoms in total. The Bertz CT molecular complexity index is 1100. The van der Waals surface area contributed by atoms with E-state index in [1.54, 1.807) is 28.6 Å². The number of benzene rings is 2. The van der Waals surface area contributed by atoms with Crippen LogP contribution in [0.5, 0.6) is 0 Å². The molecule has 1 aliphatic rings. The molecule has 168 valence electrons. The number of hydrogen-bond acceptors (Lipinski definition) is 3. The zero-order valence-corrected chi connectivity index (χ0v) is 18.2. The Morgan fingerprint density at radius 2 is 1.75 bits per heavy atom. The fourth-order valence-electron chi connectivity index (χ4n) is 4.15. The first-order chi connectivity index (χ1) is 15.5. The molecule has 0 radical (unpaired) electrons. The third-order valence-corrected chi connectivity index (χ3v) is 6.01. The molecule has 1 fully saturated rings. The summed E-state index contributed by atoms with van der Waals surface area (Å²) in [6, 6.07) is 16.1. The molecule has 0 bridgehead atoms. The molecule has 0 spiro atoms. The van der Waals surface area contributed by atoms with E-state index in [4.69, 9.17) is 0 Å². The topological polar surface area (TPSA) is 72.2 Å². The second-order valence-electron chi connectivity index (χ2n) is 8.20. The summed E-state index contributed by atoms with van der Waals surface area (Å²) >= 11 is 0. The summed E-state index contributed by atoms with van der Waals surface area (Å²) in [5.41, 5.74) is 1.93. The minimum atomic E-state index is -0.293. The van der Waals surface area contributed by atoms with E-state index in [2.05, 4.69) is 22.5 Å². The summed E-state index contributed by atoms with van der Waals surface area (Å²) in [4.78, 5) is 27.0. The van der Waals surface area contributed by atoms with Crippen LogP contribution in [0.25, 0.3) is 0 Å². The fraction of sp³-hybridized carbons (Fsp3) is 0.375. The molecule has 0 atom stereocenters. The molecule has 2 heterocycles. The summed E-state index contributed by atoms with van der Waals surface area (Å²) in [5.74, 6) is 0.652. The van der Waals surface area contributed by atoms with Gasteiger partial charge in [-0.05, 0) is 42.5 Å². The number of rotatable bonds is 6. The van der Waals surface area contributed by atoms with Crippen molar-refractivity contribution in [2.24, 2.45) is 7.05 Å². The smallest absolute Gasteiger partial charge is 0.334 e. The van der Waals surface area contributed by atoms with Gasteiger partial charge in [-0.1, -0.05) is 42.5 Å². The summed E-state index contributed by atoms with van der Waals surface area (Å²) in [7, 11) is 1.68. The van der Waals surface area contributed by atoms with Gasteiger partial charge in [0.15, 0.2) is 0 Å². The second kappa shape index (κ2) is 9.80. The Labute approximate surface area is 186 Å². The summed E-state index contributed by atoms with van der Waals surface area (Å²) < 4.78 is 16.2. The molecule has 1 saturated heterocycles. The van der Waals surface area contributed by atoms with Gasteiger partial charge in [0.25, 0.3) is 0 Å². The maximum atomic E-state index is 13.0. The number of nitrogens with zero attached hydrogens (tertiary/aromatic N) is 4. The van der Waals surface area contributed by atoms with Crippen molar-refractivity contribution in [3.05, 3.63) is 87.9 Å². The molecule has 2 aromatic carbocycles. The minimum absolute atomic E-state index is 0.101. The van der Waals surface area contributed by atoms with Crippen molar-refractivity contribution < 1.29 is 9.18 Å². The van der Waals surface area contributed by atoms with Crippen LogP contribution in [0.15, 0.2) is 59.4 Å². The lowest BCUT2D eigenvalue weighted by molar-refractivity contribution is 0.179. The van der Waals surface area contributed by atoms with E-state index in [-0.39, 0.29) is 23.5 Å². The lowest BCUT2D eigenvalue weighted by Gasteiger charge is -2.31. The van der Waals surface area contributed by atoms with Crippen LogP contribution in [0.2, 0.25) is 0 Å². The quantitative estimate of drug-likeness (QED) is 0.644. The van der Waals surface area contributed by atoms with Crippen molar-refractivity contribution in [2.45, 2.75) is 38.3 Å². The van der Waals surface area contributed by atoms with Crippen LogP contribution in [0.1, 0.15) is 35.7 Å². The molecule has 0 unspecified atom stereocenters. The third kappa shape index (κ3) is 5.07.